The molecule has 1 N–H and O–H groups in total. The van der Waals surface area contributed by atoms with Gasteiger partial charge in [0, 0.05) is 12.6 Å². The van der Waals surface area contributed by atoms with Crippen molar-refractivity contribution in [2.24, 2.45) is 0 Å². The maximum absolute atomic E-state index is 12.4. The Kier molecular flexibility index (Phi) is 4.22. The Bertz CT molecular complexity index is 585. The zero-order valence-corrected chi connectivity index (χ0v) is 13.0. The fraction of sp³-hybridized carbons (Fsp3) is 0.471. The van der Waals surface area contributed by atoms with E-state index in [4.69, 9.17) is 9.47 Å². The number of benzene rings is 1. The van der Waals surface area contributed by atoms with E-state index in [9.17, 15) is 4.79 Å². The Labute approximate surface area is 130 Å². The van der Waals surface area contributed by atoms with Gasteiger partial charge in [-0.05, 0) is 37.0 Å². The first-order chi connectivity index (χ1) is 10.7. The highest BCUT2D eigenvalue weighted by Crippen LogP contribution is 2.31. The summed E-state index contributed by atoms with van der Waals surface area (Å²) in [6.45, 7) is 0.485. The van der Waals surface area contributed by atoms with Gasteiger partial charge in [0.25, 0.3) is 0 Å². The lowest BCUT2D eigenvalue weighted by atomic mass is 10.1. The van der Waals surface area contributed by atoms with Crippen LogP contribution in [0, 0.1) is 0 Å². The van der Waals surface area contributed by atoms with E-state index in [0.717, 1.165) is 24.8 Å². The monoisotopic (exact) mass is 302 g/mol. The van der Waals surface area contributed by atoms with Crippen molar-refractivity contribution in [1.82, 2.24) is 10.2 Å². The molecule has 5 heteroatoms. The summed E-state index contributed by atoms with van der Waals surface area (Å²) in [7, 11) is 3.22. The van der Waals surface area contributed by atoms with E-state index in [-0.39, 0.29) is 12.1 Å². The third kappa shape index (κ3) is 2.75. The second kappa shape index (κ2) is 6.30. The Morgan fingerprint density at radius 3 is 2.82 bits per heavy atom. The minimum Gasteiger partial charge on any atom is -0.493 e. The molecule has 3 rings (SSSR count). The number of nitrogens with zero attached hydrogens (tertiary/aromatic N) is 1. The number of fused-ring (bicyclic) bond motifs is 2. The second-order valence-corrected chi connectivity index (χ2v) is 5.72. The number of hydrogen-bond donors (Lipinski definition) is 1. The number of carbonyl (C=O) groups is 1. The lowest BCUT2D eigenvalue weighted by Gasteiger charge is -2.31. The summed E-state index contributed by atoms with van der Waals surface area (Å²) in [5.41, 5.74) is 0.992. The standard InChI is InChI=1S/C17H22N2O3/c1-21-15-9-6-12(10-16(15)22-2)11-18-17(20)19-13-4-3-5-14(19)8-7-13/h3-4,6,9-10,13-14H,5,7-8,11H2,1-2H3,(H,18,20). The number of methoxy groups -OCH3 is 2. The van der Waals surface area contributed by atoms with Gasteiger partial charge >= 0.3 is 6.03 Å². The molecule has 0 radical (unpaired) electrons. The topological polar surface area (TPSA) is 50.8 Å². The number of hydrogen-bond acceptors (Lipinski definition) is 3. The molecule has 2 atom stereocenters. The maximum atomic E-state index is 12.4. The van der Waals surface area contributed by atoms with Gasteiger partial charge in [-0.3, -0.25) is 0 Å². The fourth-order valence-electron chi connectivity index (χ4n) is 3.30. The van der Waals surface area contributed by atoms with Gasteiger partial charge in [0.15, 0.2) is 11.5 Å². The second-order valence-electron chi connectivity index (χ2n) is 5.72. The van der Waals surface area contributed by atoms with Crippen LogP contribution in [0.5, 0.6) is 11.5 Å². The zero-order valence-electron chi connectivity index (χ0n) is 13.0. The van der Waals surface area contributed by atoms with Crippen LogP contribution in [0.4, 0.5) is 4.79 Å². The largest absolute Gasteiger partial charge is 0.493 e. The highest BCUT2D eigenvalue weighted by Gasteiger charge is 2.36. The van der Waals surface area contributed by atoms with Crippen LogP contribution in [0.25, 0.3) is 0 Å². The minimum atomic E-state index is 0.0200. The number of ether oxygens (including phenoxy) is 2. The van der Waals surface area contributed by atoms with Crippen LogP contribution in [0.2, 0.25) is 0 Å². The van der Waals surface area contributed by atoms with Crippen LogP contribution in [0.3, 0.4) is 0 Å². The SMILES string of the molecule is COc1ccc(CNC(=O)N2C3C=CCC2CC3)cc1OC. The van der Waals surface area contributed by atoms with Gasteiger partial charge in [-0.2, -0.15) is 0 Å². The molecule has 1 fully saturated rings. The molecule has 0 spiro atoms. The first kappa shape index (κ1) is 14.8. The van der Waals surface area contributed by atoms with Gasteiger partial charge in [0.1, 0.15) is 0 Å². The number of rotatable bonds is 4. The summed E-state index contributed by atoms with van der Waals surface area (Å²) in [5.74, 6) is 1.37. The minimum absolute atomic E-state index is 0.0200. The number of amides is 2. The zero-order chi connectivity index (χ0) is 15.5. The first-order valence-electron chi connectivity index (χ1n) is 7.66. The lowest BCUT2D eigenvalue weighted by Crippen LogP contribution is -2.47. The molecular formula is C17H22N2O3. The van der Waals surface area contributed by atoms with E-state index in [0.29, 0.717) is 24.1 Å². The number of nitrogens with one attached hydrogen (secondary N) is 1. The van der Waals surface area contributed by atoms with Crippen LogP contribution < -0.4 is 14.8 Å². The number of carbonyl (C=O) groups excluding carboxylic acids is 1. The summed E-state index contributed by atoms with van der Waals surface area (Å²) < 4.78 is 10.5. The van der Waals surface area contributed by atoms with Crippen LogP contribution in [0.1, 0.15) is 24.8 Å². The van der Waals surface area contributed by atoms with Crippen LogP contribution in [-0.4, -0.2) is 37.2 Å². The molecule has 0 aliphatic carbocycles. The highest BCUT2D eigenvalue weighted by atomic mass is 16.5. The predicted octanol–water partition coefficient (Wildman–Crippen LogP) is 2.71. The molecule has 0 saturated carbocycles. The van der Waals surface area contributed by atoms with Crippen molar-refractivity contribution in [2.45, 2.75) is 37.9 Å². The smallest absolute Gasteiger partial charge is 0.318 e. The Morgan fingerprint density at radius 2 is 2.09 bits per heavy atom. The van der Waals surface area contributed by atoms with Gasteiger partial charge in [0.05, 0.1) is 20.3 Å². The van der Waals surface area contributed by atoms with Gasteiger partial charge in [-0.25, -0.2) is 4.79 Å². The molecule has 1 aromatic rings. The lowest BCUT2D eigenvalue weighted by molar-refractivity contribution is 0.178. The maximum Gasteiger partial charge on any atom is 0.318 e. The average Bonchev–Trinajstić information content (AvgIpc) is 2.81. The van der Waals surface area contributed by atoms with E-state index in [1.807, 2.05) is 23.1 Å². The third-order valence-electron chi connectivity index (χ3n) is 4.44. The van der Waals surface area contributed by atoms with E-state index >= 15 is 0 Å². The molecule has 2 aliphatic rings. The molecular weight excluding hydrogens is 280 g/mol. The molecule has 2 amide bonds. The Morgan fingerprint density at radius 1 is 1.27 bits per heavy atom. The van der Waals surface area contributed by atoms with E-state index in [1.54, 1.807) is 14.2 Å². The normalized spacial score (nSPS) is 22.5. The van der Waals surface area contributed by atoms with Crippen molar-refractivity contribution < 1.29 is 14.3 Å². The van der Waals surface area contributed by atoms with Crippen molar-refractivity contribution in [3.05, 3.63) is 35.9 Å². The van der Waals surface area contributed by atoms with Gasteiger partial charge < -0.3 is 19.7 Å². The molecule has 2 aliphatic heterocycles. The molecule has 2 heterocycles. The van der Waals surface area contributed by atoms with E-state index in [1.165, 1.54) is 0 Å². The molecule has 2 unspecified atom stereocenters. The molecule has 5 nitrogen and oxygen atoms in total. The van der Waals surface area contributed by atoms with Gasteiger partial charge in [-0.15, -0.1) is 0 Å². The van der Waals surface area contributed by atoms with Crippen molar-refractivity contribution >= 4 is 6.03 Å². The van der Waals surface area contributed by atoms with Crippen LogP contribution in [0.15, 0.2) is 30.4 Å². The summed E-state index contributed by atoms with van der Waals surface area (Å²) >= 11 is 0. The predicted molar refractivity (Wildman–Crippen MR) is 84.2 cm³/mol. The van der Waals surface area contributed by atoms with Gasteiger partial charge in [0.2, 0.25) is 0 Å². The summed E-state index contributed by atoms with van der Waals surface area (Å²) in [6.07, 6.45) is 7.49. The average molecular weight is 302 g/mol. The van der Waals surface area contributed by atoms with Crippen molar-refractivity contribution in [2.75, 3.05) is 14.2 Å². The molecule has 1 aromatic carbocycles. The molecule has 2 bridgehead atoms. The van der Waals surface area contributed by atoms with Crippen LogP contribution in [-0.2, 0) is 6.54 Å². The van der Waals surface area contributed by atoms with Crippen molar-refractivity contribution in [1.29, 1.82) is 0 Å². The molecule has 0 aromatic heterocycles. The van der Waals surface area contributed by atoms with E-state index < -0.39 is 0 Å². The van der Waals surface area contributed by atoms with E-state index in [2.05, 4.69) is 17.5 Å². The molecule has 1 saturated heterocycles. The quantitative estimate of drug-likeness (QED) is 0.870. The highest BCUT2D eigenvalue weighted by molar-refractivity contribution is 5.76. The summed E-state index contributed by atoms with van der Waals surface area (Å²) in [4.78, 5) is 14.4. The van der Waals surface area contributed by atoms with Crippen molar-refractivity contribution in [3.8, 4) is 11.5 Å². The molecule has 118 valence electrons. The van der Waals surface area contributed by atoms with Gasteiger partial charge in [-0.1, -0.05) is 18.2 Å². The summed E-state index contributed by atoms with van der Waals surface area (Å²) in [5, 5.41) is 3.02. The summed E-state index contributed by atoms with van der Waals surface area (Å²) in [6, 6.07) is 6.33. The first-order valence-corrected chi connectivity index (χ1v) is 7.66. The Hall–Kier alpha value is -2.17. The number of urea groups is 1. The fourth-order valence-corrected chi connectivity index (χ4v) is 3.30. The van der Waals surface area contributed by atoms with Crippen LogP contribution >= 0.6 is 0 Å². The Balaban J connectivity index is 1.63. The van der Waals surface area contributed by atoms with Crippen molar-refractivity contribution in [3.63, 3.8) is 0 Å². The molecule has 22 heavy (non-hydrogen) atoms. The third-order valence-corrected chi connectivity index (χ3v) is 4.44.